The Morgan fingerprint density at radius 1 is 1.45 bits per heavy atom. The highest BCUT2D eigenvalue weighted by Gasteiger charge is 2.31. The average molecular weight is 277 g/mol. The topological polar surface area (TPSA) is 76.5 Å². The van der Waals surface area contributed by atoms with Crippen molar-refractivity contribution in [3.63, 3.8) is 0 Å². The molecule has 0 unspecified atom stereocenters. The van der Waals surface area contributed by atoms with Gasteiger partial charge in [0.2, 0.25) is 0 Å². The normalized spacial score (nSPS) is 17.8. The summed E-state index contributed by atoms with van der Waals surface area (Å²) in [6, 6.07) is 3.28. The Balaban J connectivity index is 1.97. The first-order valence-electron chi connectivity index (χ1n) is 6.80. The fourth-order valence-corrected chi connectivity index (χ4v) is 2.46. The highest BCUT2D eigenvalue weighted by atomic mass is 16.5. The Morgan fingerprint density at radius 2 is 2.15 bits per heavy atom. The molecule has 0 aromatic carbocycles. The number of methoxy groups -OCH3 is 1. The molecule has 1 aromatic heterocycles. The third-order valence-corrected chi connectivity index (χ3v) is 3.82. The third-order valence-electron chi connectivity index (χ3n) is 3.82. The summed E-state index contributed by atoms with van der Waals surface area (Å²) in [5.41, 5.74) is 0.429. The number of rotatable bonds is 4. The fraction of sp³-hybridized carbons (Fsp3) is 0.533. The Bertz CT molecular complexity index is 502. The van der Waals surface area contributed by atoms with Crippen LogP contribution < -0.4 is 0 Å². The van der Waals surface area contributed by atoms with E-state index in [-0.39, 0.29) is 5.78 Å². The zero-order valence-corrected chi connectivity index (χ0v) is 11.6. The van der Waals surface area contributed by atoms with E-state index < -0.39 is 11.6 Å². The standard InChI is InChI=1S/C15H19NO4/c1-20-14(18)11-5-9-16-12(10-11)2-6-15(19)7-3-13(17)4-8-15/h5,9-10,19H,2-4,6-8H2,1H3. The van der Waals surface area contributed by atoms with Crippen molar-refractivity contribution in [1.29, 1.82) is 0 Å². The highest BCUT2D eigenvalue weighted by molar-refractivity contribution is 5.89. The van der Waals surface area contributed by atoms with E-state index in [1.165, 1.54) is 7.11 Å². The number of ketones is 1. The molecule has 0 atom stereocenters. The number of aryl methyl sites for hydroxylation is 1. The van der Waals surface area contributed by atoms with Crippen molar-refractivity contribution >= 4 is 11.8 Å². The second kappa shape index (κ2) is 6.13. The molecular weight excluding hydrogens is 258 g/mol. The van der Waals surface area contributed by atoms with Crippen LogP contribution in [0.1, 0.15) is 48.2 Å². The highest BCUT2D eigenvalue weighted by Crippen LogP contribution is 2.30. The van der Waals surface area contributed by atoms with Gasteiger partial charge < -0.3 is 9.84 Å². The van der Waals surface area contributed by atoms with E-state index in [0.717, 1.165) is 5.69 Å². The van der Waals surface area contributed by atoms with Crippen LogP contribution in [0.2, 0.25) is 0 Å². The summed E-state index contributed by atoms with van der Waals surface area (Å²) < 4.78 is 4.66. The molecule has 1 fully saturated rings. The van der Waals surface area contributed by atoms with Crippen LogP contribution in [0.15, 0.2) is 18.3 Å². The van der Waals surface area contributed by atoms with E-state index in [1.807, 2.05) is 0 Å². The molecule has 5 nitrogen and oxygen atoms in total. The SMILES string of the molecule is COC(=O)c1ccnc(CCC2(O)CCC(=O)CC2)c1. The van der Waals surface area contributed by atoms with E-state index in [9.17, 15) is 14.7 Å². The molecule has 1 aliphatic carbocycles. The summed E-state index contributed by atoms with van der Waals surface area (Å²) in [7, 11) is 1.34. The van der Waals surface area contributed by atoms with E-state index in [0.29, 0.717) is 44.1 Å². The van der Waals surface area contributed by atoms with Gasteiger partial charge in [0.25, 0.3) is 0 Å². The molecule has 5 heteroatoms. The van der Waals surface area contributed by atoms with Gasteiger partial charge in [0.05, 0.1) is 18.3 Å². The molecule has 0 spiro atoms. The number of pyridine rings is 1. The Morgan fingerprint density at radius 3 is 2.80 bits per heavy atom. The Labute approximate surface area is 118 Å². The van der Waals surface area contributed by atoms with Gasteiger partial charge in [-0.25, -0.2) is 4.79 Å². The molecule has 0 aliphatic heterocycles. The number of aromatic nitrogens is 1. The second-order valence-electron chi connectivity index (χ2n) is 5.29. The van der Waals surface area contributed by atoms with Gasteiger partial charge in [-0.05, 0) is 37.8 Å². The van der Waals surface area contributed by atoms with E-state index in [2.05, 4.69) is 9.72 Å². The van der Waals surface area contributed by atoms with Gasteiger partial charge in [0.15, 0.2) is 0 Å². The van der Waals surface area contributed by atoms with Gasteiger partial charge in [0, 0.05) is 24.7 Å². The summed E-state index contributed by atoms with van der Waals surface area (Å²) in [5.74, 6) is -0.170. The molecule has 2 rings (SSSR count). The van der Waals surface area contributed by atoms with Gasteiger partial charge in [0.1, 0.15) is 5.78 Å². The predicted octanol–water partition coefficient (Wildman–Crippen LogP) is 1.68. The number of hydrogen-bond donors (Lipinski definition) is 1. The van der Waals surface area contributed by atoms with Crippen molar-refractivity contribution in [1.82, 2.24) is 4.98 Å². The quantitative estimate of drug-likeness (QED) is 0.847. The largest absolute Gasteiger partial charge is 0.465 e. The first-order chi connectivity index (χ1) is 9.52. The Hall–Kier alpha value is -1.75. The monoisotopic (exact) mass is 277 g/mol. The van der Waals surface area contributed by atoms with Crippen molar-refractivity contribution in [3.05, 3.63) is 29.6 Å². The van der Waals surface area contributed by atoms with Crippen LogP contribution >= 0.6 is 0 Å². The van der Waals surface area contributed by atoms with Gasteiger partial charge in [-0.2, -0.15) is 0 Å². The lowest BCUT2D eigenvalue weighted by molar-refractivity contribution is -0.125. The molecule has 1 aliphatic rings. The van der Waals surface area contributed by atoms with Gasteiger partial charge in [-0.15, -0.1) is 0 Å². The molecule has 0 radical (unpaired) electrons. The maximum atomic E-state index is 11.4. The summed E-state index contributed by atoms with van der Waals surface area (Å²) in [6.45, 7) is 0. The lowest BCUT2D eigenvalue weighted by Gasteiger charge is -2.31. The van der Waals surface area contributed by atoms with Crippen LogP contribution in [0.25, 0.3) is 0 Å². The van der Waals surface area contributed by atoms with Crippen LogP contribution in [0.4, 0.5) is 0 Å². The molecular formula is C15H19NO4. The number of hydrogen-bond acceptors (Lipinski definition) is 5. The molecule has 0 saturated heterocycles. The molecule has 108 valence electrons. The molecule has 1 heterocycles. The molecule has 20 heavy (non-hydrogen) atoms. The second-order valence-corrected chi connectivity index (χ2v) is 5.29. The van der Waals surface area contributed by atoms with Crippen molar-refractivity contribution in [3.8, 4) is 0 Å². The first kappa shape index (κ1) is 14.7. The van der Waals surface area contributed by atoms with Crippen molar-refractivity contribution in [2.45, 2.75) is 44.1 Å². The number of Topliss-reactive ketones (excluding diaryl/α,β-unsaturated/α-hetero) is 1. The lowest BCUT2D eigenvalue weighted by atomic mass is 9.81. The third kappa shape index (κ3) is 3.63. The average Bonchev–Trinajstić information content (AvgIpc) is 2.48. The van der Waals surface area contributed by atoms with Crippen LogP contribution in [-0.4, -0.2) is 34.6 Å². The summed E-state index contributed by atoms with van der Waals surface area (Å²) in [6.07, 6.45) is 4.63. The van der Waals surface area contributed by atoms with E-state index >= 15 is 0 Å². The van der Waals surface area contributed by atoms with Gasteiger partial charge in [-0.3, -0.25) is 9.78 Å². The van der Waals surface area contributed by atoms with E-state index in [1.54, 1.807) is 18.3 Å². The van der Waals surface area contributed by atoms with Crippen molar-refractivity contribution < 1.29 is 19.4 Å². The van der Waals surface area contributed by atoms with Crippen molar-refractivity contribution in [2.24, 2.45) is 0 Å². The zero-order chi connectivity index (χ0) is 14.6. The number of nitrogens with zero attached hydrogens (tertiary/aromatic N) is 1. The lowest BCUT2D eigenvalue weighted by Crippen LogP contribution is -2.34. The molecule has 1 aromatic rings. The number of aliphatic hydroxyl groups is 1. The zero-order valence-electron chi connectivity index (χ0n) is 11.6. The smallest absolute Gasteiger partial charge is 0.337 e. The van der Waals surface area contributed by atoms with Gasteiger partial charge >= 0.3 is 5.97 Å². The minimum absolute atomic E-state index is 0.223. The molecule has 1 saturated carbocycles. The first-order valence-corrected chi connectivity index (χ1v) is 6.80. The fourth-order valence-electron chi connectivity index (χ4n) is 2.46. The number of carbonyl (C=O) groups is 2. The van der Waals surface area contributed by atoms with Crippen LogP contribution in [0.3, 0.4) is 0 Å². The van der Waals surface area contributed by atoms with E-state index in [4.69, 9.17) is 0 Å². The summed E-state index contributed by atoms with van der Waals surface area (Å²) in [4.78, 5) is 26.8. The summed E-state index contributed by atoms with van der Waals surface area (Å²) in [5, 5.41) is 10.4. The number of carbonyl (C=O) groups excluding carboxylic acids is 2. The maximum Gasteiger partial charge on any atom is 0.337 e. The molecule has 0 amide bonds. The predicted molar refractivity (Wildman–Crippen MR) is 72.3 cm³/mol. The number of esters is 1. The van der Waals surface area contributed by atoms with Crippen LogP contribution in [0, 0.1) is 0 Å². The maximum absolute atomic E-state index is 11.4. The van der Waals surface area contributed by atoms with Crippen molar-refractivity contribution in [2.75, 3.05) is 7.11 Å². The molecule has 0 bridgehead atoms. The summed E-state index contributed by atoms with van der Waals surface area (Å²) >= 11 is 0. The van der Waals surface area contributed by atoms with Crippen LogP contribution in [-0.2, 0) is 16.0 Å². The molecule has 1 N–H and O–H groups in total. The van der Waals surface area contributed by atoms with Gasteiger partial charge in [-0.1, -0.05) is 0 Å². The minimum Gasteiger partial charge on any atom is -0.465 e. The minimum atomic E-state index is -0.781. The Kier molecular flexibility index (Phi) is 4.49. The van der Waals surface area contributed by atoms with Crippen LogP contribution in [0.5, 0.6) is 0 Å². The number of ether oxygens (including phenoxy) is 1.